The Kier molecular flexibility index (Phi) is 7.88. The number of fused-ring (bicyclic) bond motifs is 17. The first-order valence-corrected chi connectivity index (χ1v) is 23.7. The second kappa shape index (κ2) is 14.3. The standard InChI is InChI=1S/C65H39N3O/c1-3-15-40(16-4-1)41-29-31-42(32-30-41)61-66-62-43-17-13-20-45(37-43)64(44-18-5-2-6-19-44,47-34-36-58-53(39-47)60-51(63(67-61)68-62)24-14-28-59(60)69-58)46-33-35-57-52(38-46)50-23-9-12-27-56(50)65(57)54-25-10-7-21-48(54)49-22-8-11-26-55(49)65/h1-39H. The highest BCUT2D eigenvalue weighted by atomic mass is 16.3. The molecule has 3 heterocycles. The van der Waals surface area contributed by atoms with Crippen molar-refractivity contribution >= 4 is 21.9 Å². The second-order valence-electron chi connectivity index (χ2n) is 18.6. The van der Waals surface area contributed by atoms with Gasteiger partial charge < -0.3 is 4.42 Å². The molecule has 0 saturated heterocycles. The molecule has 0 saturated carbocycles. The van der Waals surface area contributed by atoms with Gasteiger partial charge in [-0.2, -0.15) is 0 Å². The summed E-state index contributed by atoms with van der Waals surface area (Å²) in [6.45, 7) is 0. The minimum Gasteiger partial charge on any atom is -0.456 e. The molecule has 320 valence electrons. The number of aromatic nitrogens is 3. The molecule has 0 amide bonds. The van der Waals surface area contributed by atoms with Gasteiger partial charge in [-0.05, 0) is 108 Å². The summed E-state index contributed by atoms with van der Waals surface area (Å²) >= 11 is 0. The summed E-state index contributed by atoms with van der Waals surface area (Å²) in [4.78, 5) is 15.9. The van der Waals surface area contributed by atoms with Crippen LogP contribution in [0.25, 0.3) is 89.5 Å². The van der Waals surface area contributed by atoms with Crippen LogP contribution in [0.5, 0.6) is 0 Å². The van der Waals surface area contributed by atoms with Crippen molar-refractivity contribution in [3.63, 3.8) is 0 Å². The summed E-state index contributed by atoms with van der Waals surface area (Å²) in [5, 5.41) is 1.99. The SMILES string of the molecule is c1ccc(-c2ccc(-c3nc4nc(n3)-c3cccc5oc6ccc(cc6c35)C(c3ccccc3)(c3ccc5c(c3)-c3ccccc3C53c5ccccc5-c5ccccc53)c3cccc-4c3)cc2)cc1. The first-order valence-electron chi connectivity index (χ1n) is 23.7. The van der Waals surface area contributed by atoms with E-state index in [2.05, 4.69) is 224 Å². The van der Waals surface area contributed by atoms with Crippen LogP contribution in [0, 0.1) is 0 Å². The first-order chi connectivity index (χ1) is 34.2. The minimum absolute atomic E-state index is 0.453. The number of benzene rings is 10. The van der Waals surface area contributed by atoms with Gasteiger partial charge in [-0.15, -0.1) is 0 Å². The Morgan fingerprint density at radius 1 is 0.275 bits per heavy atom. The highest BCUT2D eigenvalue weighted by molar-refractivity contribution is 6.12. The third kappa shape index (κ3) is 5.20. The fraction of sp³-hybridized carbons (Fsp3) is 0.0308. The summed E-state index contributed by atoms with van der Waals surface area (Å²) < 4.78 is 6.73. The molecule has 3 aliphatic rings. The zero-order valence-corrected chi connectivity index (χ0v) is 37.3. The summed E-state index contributed by atoms with van der Waals surface area (Å²) in [5.74, 6) is 1.82. The fourth-order valence-corrected chi connectivity index (χ4v) is 12.4. The highest BCUT2D eigenvalue weighted by Crippen LogP contribution is 2.63. The number of nitrogens with zero attached hydrogens (tertiary/aromatic N) is 3. The normalized spacial score (nSPS) is 15.4. The molecule has 6 bridgehead atoms. The Balaban J connectivity index is 1.02. The number of rotatable bonds is 4. The Morgan fingerprint density at radius 2 is 0.768 bits per heavy atom. The van der Waals surface area contributed by atoms with Crippen molar-refractivity contribution in [2.24, 2.45) is 0 Å². The molecule has 12 aromatic rings. The van der Waals surface area contributed by atoms with Crippen molar-refractivity contribution < 1.29 is 4.42 Å². The van der Waals surface area contributed by atoms with Gasteiger partial charge in [0.1, 0.15) is 11.2 Å². The van der Waals surface area contributed by atoms with E-state index in [1.807, 2.05) is 12.1 Å². The molecule has 1 aliphatic heterocycles. The van der Waals surface area contributed by atoms with Crippen LogP contribution < -0.4 is 0 Å². The van der Waals surface area contributed by atoms with Gasteiger partial charge >= 0.3 is 0 Å². The molecule has 15 rings (SSSR count). The van der Waals surface area contributed by atoms with Gasteiger partial charge in [0.05, 0.1) is 10.8 Å². The van der Waals surface area contributed by atoms with Crippen molar-refractivity contribution in [1.82, 2.24) is 15.0 Å². The number of hydrogen-bond acceptors (Lipinski definition) is 4. The molecule has 2 aliphatic carbocycles. The fourth-order valence-electron chi connectivity index (χ4n) is 12.4. The molecular formula is C65H39N3O. The summed E-state index contributed by atoms with van der Waals surface area (Å²) in [6, 6.07) is 86.3. The molecule has 4 heteroatoms. The molecule has 4 nitrogen and oxygen atoms in total. The lowest BCUT2D eigenvalue weighted by Crippen LogP contribution is -2.31. The lowest BCUT2D eigenvalue weighted by Gasteiger charge is -2.38. The maximum atomic E-state index is 6.73. The summed E-state index contributed by atoms with van der Waals surface area (Å²) in [5.41, 5.74) is 20.3. The van der Waals surface area contributed by atoms with Crippen molar-refractivity contribution in [3.05, 3.63) is 281 Å². The predicted molar refractivity (Wildman–Crippen MR) is 277 cm³/mol. The van der Waals surface area contributed by atoms with E-state index < -0.39 is 10.8 Å². The van der Waals surface area contributed by atoms with Gasteiger partial charge in [-0.3, -0.25) is 0 Å². The largest absolute Gasteiger partial charge is 0.456 e. The van der Waals surface area contributed by atoms with Crippen LogP contribution in [0.2, 0.25) is 0 Å². The van der Waals surface area contributed by atoms with Crippen LogP contribution in [-0.4, -0.2) is 15.0 Å². The first kappa shape index (κ1) is 38.1. The zero-order valence-electron chi connectivity index (χ0n) is 37.3. The van der Waals surface area contributed by atoms with E-state index in [4.69, 9.17) is 19.4 Å². The van der Waals surface area contributed by atoms with Gasteiger partial charge in [0.15, 0.2) is 17.5 Å². The Bertz CT molecular complexity index is 4030. The second-order valence-corrected chi connectivity index (χ2v) is 18.6. The lowest BCUT2D eigenvalue weighted by atomic mass is 9.64. The smallest absolute Gasteiger partial charge is 0.164 e. The van der Waals surface area contributed by atoms with Crippen LogP contribution in [0.15, 0.2) is 241 Å². The predicted octanol–water partition coefficient (Wildman–Crippen LogP) is 15.5. The van der Waals surface area contributed by atoms with Gasteiger partial charge in [0.25, 0.3) is 0 Å². The molecule has 1 spiro atoms. The molecule has 0 fully saturated rings. The Labute approximate surface area is 398 Å². The van der Waals surface area contributed by atoms with Crippen molar-refractivity contribution in [2.75, 3.05) is 0 Å². The van der Waals surface area contributed by atoms with Crippen LogP contribution in [0.1, 0.15) is 44.5 Å². The average Bonchev–Trinajstić information content (AvgIpc) is 4.05. The van der Waals surface area contributed by atoms with Crippen LogP contribution in [-0.2, 0) is 10.8 Å². The van der Waals surface area contributed by atoms with Crippen molar-refractivity contribution in [1.29, 1.82) is 0 Å². The van der Waals surface area contributed by atoms with E-state index in [9.17, 15) is 0 Å². The van der Waals surface area contributed by atoms with Gasteiger partial charge in [-0.25, -0.2) is 15.0 Å². The van der Waals surface area contributed by atoms with E-state index in [-0.39, 0.29) is 0 Å². The number of furan rings is 1. The third-order valence-electron chi connectivity index (χ3n) is 15.2. The molecule has 0 N–H and O–H groups in total. The topological polar surface area (TPSA) is 51.8 Å². The minimum atomic E-state index is -0.805. The van der Waals surface area contributed by atoms with Gasteiger partial charge in [0.2, 0.25) is 0 Å². The Hall–Kier alpha value is -8.99. The van der Waals surface area contributed by atoms with E-state index in [0.29, 0.717) is 17.5 Å². The molecule has 69 heavy (non-hydrogen) atoms. The molecule has 0 radical (unpaired) electrons. The molecule has 2 aromatic heterocycles. The monoisotopic (exact) mass is 877 g/mol. The lowest BCUT2D eigenvalue weighted by molar-refractivity contribution is 0.668. The molecule has 10 aromatic carbocycles. The molecule has 1 atom stereocenters. The molecular weight excluding hydrogens is 839 g/mol. The zero-order chi connectivity index (χ0) is 45.3. The Morgan fingerprint density at radius 3 is 1.49 bits per heavy atom. The average molecular weight is 878 g/mol. The van der Waals surface area contributed by atoms with E-state index in [1.165, 1.54) is 44.5 Å². The van der Waals surface area contributed by atoms with Crippen LogP contribution in [0.4, 0.5) is 0 Å². The van der Waals surface area contributed by atoms with Gasteiger partial charge in [-0.1, -0.05) is 206 Å². The van der Waals surface area contributed by atoms with E-state index in [0.717, 1.165) is 72.0 Å². The van der Waals surface area contributed by atoms with Crippen LogP contribution >= 0.6 is 0 Å². The summed E-state index contributed by atoms with van der Waals surface area (Å²) in [6.07, 6.45) is 0. The maximum Gasteiger partial charge on any atom is 0.164 e. The third-order valence-corrected chi connectivity index (χ3v) is 15.2. The number of hydrogen-bond donors (Lipinski definition) is 0. The van der Waals surface area contributed by atoms with Crippen LogP contribution in [0.3, 0.4) is 0 Å². The van der Waals surface area contributed by atoms with Crippen molar-refractivity contribution in [3.8, 4) is 67.5 Å². The quantitative estimate of drug-likeness (QED) is 0.177. The molecule has 1 unspecified atom stereocenters. The van der Waals surface area contributed by atoms with Crippen molar-refractivity contribution in [2.45, 2.75) is 10.8 Å². The highest BCUT2D eigenvalue weighted by Gasteiger charge is 2.52. The van der Waals surface area contributed by atoms with Gasteiger partial charge in [0, 0.05) is 27.5 Å². The maximum absolute atomic E-state index is 6.73. The van der Waals surface area contributed by atoms with E-state index >= 15 is 0 Å². The summed E-state index contributed by atoms with van der Waals surface area (Å²) in [7, 11) is 0. The van der Waals surface area contributed by atoms with E-state index in [1.54, 1.807) is 0 Å².